The van der Waals surface area contributed by atoms with E-state index in [2.05, 4.69) is 27.1 Å². The lowest BCUT2D eigenvalue weighted by Gasteiger charge is -2.30. The Morgan fingerprint density at radius 2 is 2.07 bits per heavy atom. The molecular weight excluding hydrogens is 344 g/mol. The van der Waals surface area contributed by atoms with Crippen molar-refractivity contribution in [2.75, 3.05) is 32.2 Å². The summed E-state index contributed by atoms with van der Waals surface area (Å²) in [5, 5.41) is 2.90. The van der Waals surface area contributed by atoms with Crippen LogP contribution in [0.4, 0.5) is 5.95 Å². The molecule has 0 spiro atoms. The summed E-state index contributed by atoms with van der Waals surface area (Å²) in [6.45, 7) is 4.46. The van der Waals surface area contributed by atoms with Crippen molar-refractivity contribution in [1.29, 1.82) is 0 Å². The summed E-state index contributed by atoms with van der Waals surface area (Å²) in [7, 11) is 3.18. The van der Waals surface area contributed by atoms with E-state index in [1.54, 1.807) is 26.5 Å². The normalized spacial score (nSPS) is 16.7. The number of benzene rings is 1. The highest BCUT2D eigenvalue weighted by Gasteiger charge is 2.19. The molecule has 1 fully saturated rings. The number of methoxy groups -OCH3 is 2. The number of nitrogens with zero attached hydrogens (tertiary/aromatic N) is 3. The van der Waals surface area contributed by atoms with Crippen LogP contribution in [0.3, 0.4) is 0 Å². The lowest BCUT2D eigenvalue weighted by molar-refractivity contribution is 0.0945. The van der Waals surface area contributed by atoms with Crippen LogP contribution >= 0.6 is 0 Å². The molecule has 7 heteroatoms. The molecule has 144 valence electrons. The van der Waals surface area contributed by atoms with E-state index in [4.69, 9.17) is 9.47 Å². The van der Waals surface area contributed by atoms with Gasteiger partial charge < -0.3 is 19.7 Å². The number of hydrogen-bond acceptors (Lipinski definition) is 6. The standard InChI is InChI=1S/C20H26N4O3/c1-14-5-4-10-24(13-14)20-21-9-8-16(23-20)19(25)22-12-15-6-7-17(26-2)18(11-15)27-3/h6-9,11,14H,4-5,10,12-13H2,1-3H3,(H,22,25). The first kappa shape index (κ1) is 18.9. The van der Waals surface area contributed by atoms with Crippen LogP contribution in [0.5, 0.6) is 11.5 Å². The van der Waals surface area contributed by atoms with E-state index < -0.39 is 0 Å². The van der Waals surface area contributed by atoms with E-state index in [0.29, 0.717) is 35.6 Å². The quantitative estimate of drug-likeness (QED) is 0.842. The number of nitrogens with one attached hydrogen (secondary N) is 1. The summed E-state index contributed by atoms with van der Waals surface area (Å²) < 4.78 is 10.5. The first-order chi connectivity index (χ1) is 13.1. The summed E-state index contributed by atoms with van der Waals surface area (Å²) >= 11 is 0. The molecule has 1 aliphatic rings. The van der Waals surface area contributed by atoms with Gasteiger partial charge in [-0.1, -0.05) is 13.0 Å². The minimum absolute atomic E-state index is 0.224. The van der Waals surface area contributed by atoms with Crippen LogP contribution in [-0.2, 0) is 6.54 Å². The minimum atomic E-state index is -0.224. The number of ether oxygens (including phenoxy) is 2. The monoisotopic (exact) mass is 370 g/mol. The zero-order valence-electron chi connectivity index (χ0n) is 16.1. The van der Waals surface area contributed by atoms with E-state index in [0.717, 1.165) is 25.1 Å². The van der Waals surface area contributed by atoms with Crippen molar-refractivity contribution in [1.82, 2.24) is 15.3 Å². The summed E-state index contributed by atoms with van der Waals surface area (Å²) in [5.41, 5.74) is 1.29. The fourth-order valence-electron chi connectivity index (χ4n) is 3.26. The maximum atomic E-state index is 12.5. The Kier molecular flexibility index (Phi) is 6.11. The number of piperidine rings is 1. The van der Waals surface area contributed by atoms with Crippen molar-refractivity contribution in [2.24, 2.45) is 5.92 Å². The molecule has 1 unspecified atom stereocenters. The number of rotatable bonds is 6. The Labute approximate surface area is 159 Å². The third-order valence-electron chi connectivity index (χ3n) is 4.72. The van der Waals surface area contributed by atoms with Crippen LogP contribution in [0.2, 0.25) is 0 Å². The van der Waals surface area contributed by atoms with Gasteiger partial charge in [0.05, 0.1) is 14.2 Å². The molecule has 2 aromatic rings. The molecule has 1 aliphatic heterocycles. The number of aromatic nitrogens is 2. The van der Waals surface area contributed by atoms with Crippen LogP contribution in [-0.4, -0.2) is 43.2 Å². The predicted octanol–water partition coefficient (Wildman–Crippen LogP) is 2.66. The van der Waals surface area contributed by atoms with Crippen molar-refractivity contribution in [3.8, 4) is 11.5 Å². The van der Waals surface area contributed by atoms with Crippen LogP contribution in [0.25, 0.3) is 0 Å². The van der Waals surface area contributed by atoms with Crippen molar-refractivity contribution < 1.29 is 14.3 Å². The van der Waals surface area contributed by atoms with Gasteiger partial charge in [0.25, 0.3) is 5.91 Å². The van der Waals surface area contributed by atoms with Crippen molar-refractivity contribution in [2.45, 2.75) is 26.3 Å². The highest BCUT2D eigenvalue weighted by atomic mass is 16.5. The number of carbonyl (C=O) groups excluding carboxylic acids is 1. The van der Waals surface area contributed by atoms with Crippen LogP contribution in [0.1, 0.15) is 35.8 Å². The Morgan fingerprint density at radius 1 is 1.26 bits per heavy atom. The van der Waals surface area contributed by atoms with Crippen LogP contribution in [0.15, 0.2) is 30.5 Å². The van der Waals surface area contributed by atoms with Gasteiger partial charge in [-0.2, -0.15) is 0 Å². The van der Waals surface area contributed by atoms with Gasteiger partial charge in [-0.15, -0.1) is 0 Å². The van der Waals surface area contributed by atoms with Crippen molar-refractivity contribution in [3.05, 3.63) is 41.7 Å². The Bertz CT molecular complexity index is 797. The Balaban J connectivity index is 1.65. The molecule has 1 atom stereocenters. The zero-order chi connectivity index (χ0) is 19.2. The SMILES string of the molecule is COc1ccc(CNC(=O)c2ccnc(N3CCCC(C)C3)n2)cc1OC. The van der Waals surface area contributed by atoms with Gasteiger partial charge in [-0.05, 0) is 42.5 Å². The van der Waals surface area contributed by atoms with Crippen LogP contribution < -0.4 is 19.7 Å². The maximum absolute atomic E-state index is 12.5. The molecule has 0 bridgehead atoms. The smallest absolute Gasteiger partial charge is 0.270 e. The number of amides is 1. The Hall–Kier alpha value is -2.83. The zero-order valence-corrected chi connectivity index (χ0v) is 16.1. The second-order valence-corrected chi connectivity index (χ2v) is 6.81. The summed E-state index contributed by atoms with van der Waals surface area (Å²) in [6, 6.07) is 7.20. The molecule has 2 heterocycles. The molecule has 1 amide bonds. The predicted molar refractivity (Wildman–Crippen MR) is 103 cm³/mol. The summed E-state index contributed by atoms with van der Waals surface area (Å²) in [5.74, 6) is 2.31. The van der Waals surface area contributed by atoms with E-state index in [1.165, 1.54) is 6.42 Å². The number of carbonyl (C=O) groups is 1. The molecule has 0 saturated carbocycles. The van der Waals surface area contributed by atoms with Gasteiger partial charge in [0.1, 0.15) is 5.69 Å². The largest absolute Gasteiger partial charge is 0.493 e. The van der Waals surface area contributed by atoms with E-state index in [9.17, 15) is 4.79 Å². The molecule has 7 nitrogen and oxygen atoms in total. The molecule has 1 saturated heterocycles. The topological polar surface area (TPSA) is 76.6 Å². The van der Waals surface area contributed by atoms with Gasteiger partial charge in [0.2, 0.25) is 5.95 Å². The van der Waals surface area contributed by atoms with Crippen LogP contribution in [0, 0.1) is 5.92 Å². The maximum Gasteiger partial charge on any atom is 0.270 e. The molecule has 27 heavy (non-hydrogen) atoms. The molecule has 3 rings (SSSR count). The molecule has 1 aromatic heterocycles. The molecular formula is C20H26N4O3. The van der Waals surface area contributed by atoms with Crippen molar-refractivity contribution >= 4 is 11.9 Å². The molecule has 0 aliphatic carbocycles. The molecule has 1 aromatic carbocycles. The second kappa shape index (κ2) is 8.70. The molecule has 0 radical (unpaired) electrons. The number of hydrogen-bond donors (Lipinski definition) is 1. The third-order valence-corrected chi connectivity index (χ3v) is 4.72. The average Bonchev–Trinajstić information content (AvgIpc) is 2.71. The van der Waals surface area contributed by atoms with E-state index >= 15 is 0 Å². The van der Waals surface area contributed by atoms with Gasteiger partial charge in [0.15, 0.2) is 11.5 Å². The van der Waals surface area contributed by atoms with Gasteiger partial charge in [-0.3, -0.25) is 4.79 Å². The Morgan fingerprint density at radius 3 is 2.81 bits per heavy atom. The lowest BCUT2D eigenvalue weighted by Crippen LogP contribution is -2.36. The first-order valence-corrected chi connectivity index (χ1v) is 9.17. The highest BCUT2D eigenvalue weighted by Crippen LogP contribution is 2.27. The van der Waals surface area contributed by atoms with Gasteiger partial charge in [0, 0.05) is 25.8 Å². The van der Waals surface area contributed by atoms with Gasteiger partial charge in [-0.25, -0.2) is 9.97 Å². The van der Waals surface area contributed by atoms with E-state index in [-0.39, 0.29) is 5.91 Å². The molecule has 1 N–H and O–H groups in total. The fraction of sp³-hybridized carbons (Fsp3) is 0.450. The van der Waals surface area contributed by atoms with Gasteiger partial charge >= 0.3 is 0 Å². The summed E-state index contributed by atoms with van der Waals surface area (Å²) in [4.78, 5) is 23.5. The second-order valence-electron chi connectivity index (χ2n) is 6.81. The van der Waals surface area contributed by atoms with E-state index in [1.807, 2.05) is 18.2 Å². The third kappa shape index (κ3) is 4.67. The van der Waals surface area contributed by atoms with Crippen molar-refractivity contribution in [3.63, 3.8) is 0 Å². The first-order valence-electron chi connectivity index (χ1n) is 9.17. The average molecular weight is 370 g/mol. The lowest BCUT2D eigenvalue weighted by atomic mass is 10.0. The highest BCUT2D eigenvalue weighted by molar-refractivity contribution is 5.92. The fourth-order valence-corrected chi connectivity index (χ4v) is 3.26. The minimum Gasteiger partial charge on any atom is -0.493 e. The summed E-state index contributed by atoms with van der Waals surface area (Å²) in [6.07, 6.45) is 4.00. The number of anilines is 1.